The van der Waals surface area contributed by atoms with Gasteiger partial charge in [0.1, 0.15) is 23.3 Å². The molecule has 142 valence electrons. The maximum atomic E-state index is 14.1. The zero-order valence-corrected chi connectivity index (χ0v) is 15.9. The fourth-order valence-corrected chi connectivity index (χ4v) is 2.91. The summed E-state index contributed by atoms with van der Waals surface area (Å²) in [6.07, 6.45) is 9.99. The molecular formula is C21H32F2O2. The first-order chi connectivity index (χ1) is 12.0. The number of ether oxygens (including phenoxy) is 1. The Balaban J connectivity index is 2.68. The first kappa shape index (κ1) is 21.6. The van der Waals surface area contributed by atoms with Gasteiger partial charge in [0.15, 0.2) is 0 Å². The zero-order chi connectivity index (χ0) is 18.7. The van der Waals surface area contributed by atoms with E-state index in [0.717, 1.165) is 51.0 Å². The first-order valence-electron chi connectivity index (χ1n) is 9.66. The van der Waals surface area contributed by atoms with E-state index in [0.29, 0.717) is 0 Å². The van der Waals surface area contributed by atoms with Crippen LogP contribution < -0.4 is 0 Å². The van der Waals surface area contributed by atoms with Crippen LogP contribution in [-0.2, 0) is 4.74 Å². The van der Waals surface area contributed by atoms with Crippen LogP contribution in [-0.4, -0.2) is 12.1 Å². The van der Waals surface area contributed by atoms with Crippen molar-refractivity contribution in [1.82, 2.24) is 0 Å². The second-order valence-electron chi connectivity index (χ2n) is 6.78. The molecule has 4 heteroatoms. The fourth-order valence-electron chi connectivity index (χ4n) is 2.91. The topological polar surface area (TPSA) is 26.3 Å². The number of halogens is 2. The summed E-state index contributed by atoms with van der Waals surface area (Å²) in [7, 11) is 0. The van der Waals surface area contributed by atoms with Gasteiger partial charge in [0.25, 0.3) is 0 Å². The van der Waals surface area contributed by atoms with Gasteiger partial charge in [0.2, 0.25) is 0 Å². The van der Waals surface area contributed by atoms with Crippen LogP contribution in [0.5, 0.6) is 0 Å². The van der Waals surface area contributed by atoms with E-state index < -0.39 is 23.2 Å². The molecule has 0 amide bonds. The van der Waals surface area contributed by atoms with Crippen LogP contribution in [0.1, 0.15) is 94.0 Å². The van der Waals surface area contributed by atoms with Crippen molar-refractivity contribution in [3.63, 3.8) is 0 Å². The van der Waals surface area contributed by atoms with E-state index in [1.807, 2.05) is 0 Å². The molecule has 0 aromatic heterocycles. The molecule has 1 rings (SSSR count). The van der Waals surface area contributed by atoms with Crippen LogP contribution in [0.4, 0.5) is 8.78 Å². The molecule has 0 aliphatic heterocycles. The lowest BCUT2D eigenvalue weighted by molar-refractivity contribution is 0.0238. The normalized spacial score (nSPS) is 12.2. The third kappa shape index (κ3) is 7.54. The Morgan fingerprint density at radius 3 is 2.16 bits per heavy atom. The van der Waals surface area contributed by atoms with Gasteiger partial charge >= 0.3 is 5.97 Å². The molecule has 1 unspecified atom stereocenters. The van der Waals surface area contributed by atoms with E-state index in [4.69, 9.17) is 4.74 Å². The fraction of sp³-hybridized carbons (Fsp3) is 0.667. The summed E-state index contributed by atoms with van der Waals surface area (Å²) in [6, 6.07) is 2.44. The van der Waals surface area contributed by atoms with Crippen LogP contribution in [0.2, 0.25) is 0 Å². The number of unbranched alkanes of at least 4 members (excludes halogenated alkanes) is 6. The molecule has 0 heterocycles. The molecule has 25 heavy (non-hydrogen) atoms. The smallest absolute Gasteiger partial charge is 0.344 e. The van der Waals surface area contributed by atoms with Gasteiger partial charge in [-0.2, -0.15) is 0 Å². The summed E-state index contributed by atoms with van der Waals surface area (Å²) in [6.45, 7) is 5.79. The first-order valence-corrected chi connectivity index (χ1v) is 9.66. The number of aryl methyl sites for hydroxylation is 1. The van der Waals surface area contributed by atoms with Gasteiger partial charge in [0.05, 0.1) is 0 Å². The standard InChI is InChI=1S/C21H32F2O2/c1-4-6-8-9-11-13-17(12-10-7-5-2)25-21(24)19-18(22)15-14-16(3)20(19)23/h14-15,17H,4-13H2,1-3H3. The highest BCUT2D eigenvalue weighted by Gasteiger charge is 2.23. The third-order valence-corrected chi connectivity index (χ3v) is 4.52. The SMILES string of the molecule is CCCCCCCC(CCCCC)OC(=O)c1c(F)ccc(C)c1F. The lowest BCUT2D eigenvalue weighted by Crippen LogP contribution is -2.20. The molecule has 0 N–H and O–H groups in total. The minimum atomic E-state index is -0.881. The summed E-state index contributed by atoms with van der Waals surface area (Å²) >= 11 is 0. The Labute approximate surface area is 151 Å². The molecule has 0 aliphatic carbocycles. The summed E-state index contributed by atoms with van der Waals surface area (Å²) in [4.78, 5) is 12.3. The monoisotopic (exact) mass is 354 g/mol. The summed E-state index contributed by atoms with van der Waals surface area (Å²) in [5.74, 6) is -2.56. The van der Waals surface area contributed by atoms with Gasteiger partial charge in [0, 0.05) is 0 Å². The van der Waals surface area contributed by atoms with Crippen LogP contribution >= 0.6 is 0 Å². The molecule has 0 saturated heterocycles. The molecule has 0 radical (unpaired) electrons. The van der Waals surface area contributed by atoms with Gasteiger partial charge in [-0.25, -0.2) is 13.6 Å². The zero-order valence-electron chi connectivity index (χ0n) is 15.9. The highest BCUT2D eigenvalue weighted by Crippen LogP contribution is 2.21. The summed E-state index contributed by atoms with van der Waals surface area (Å²) in [5.41, 5.74) is -0.318. The second kappa shape index (κ2) is 12.0. The van der Waals surface area contributed by atoms with E-state index in [2.05, 4.69) is 13.8 Å². The number of hydrogen-bond donors (Lipinski definition) is 0. The van der Waals surface area contributed by atoms with Gasteiger partial charge < -0.3 is 4.74 Å². The van der Waals surface area contributed by atoms with Crippen LogP contribution in [0.25, 0.3) is 0 Å². The highest BCUT2D eigenvalue weighted by molar-refractivity contribution is 5.90. The van der Waals surface area contributed by atoms with Crippen molar-refractivity contribution in [3.8, 4) is 0 Å². The predicted molar refractivity (Wildman–Crippen MR) is 97.8 cm³/mol. The number of carbonyl (C=O) groups excluding carboxylic acids is 1. The average molecular weight is 354 g/mol. The molecule has 0 saturated carbocycles. The van der Waals surface area contributed by atoms with E-state index >= 15 is 0 Å². The molecule has 0 fully saturated rings. The van der Waals surface area contributed by atoms with Crippen molar-refractivity contribution in [2.45, 2.75) is 91.1 Å². The van der Waals surface area contributed by atoms with Crippen molar-refractivity contribution in [2.75, 3.05) is 0 Å². The number of esters is 1. The van der Waals surface area contributed by atoms with E-state index in [9.17, 15) is 13.6 Å². The van der Waals surface area contributed by atoms with Crippen molar-refractivity contribution in [3.05, 3.63) is 34.9 Å². The predicted octanol–water partition coefficient (Wildman–Crippen LogP) is 6.74. The Morgan fingerprint density at radius 1 is 0.960 bits per heavy atom. The molecule has 0 spiro atoms. The van der Waals surface area contributed by atoms with Crippen molar-refractivity contribution in [1.29, 1.82) is 0 Å². The second-order valence-corrected chi connectivity index (χ2v) is 6.78. The minimum Gasteiger partial charge on any atom is -0.459 e. The lowest BCUT2D eigenvalue weighted by Gasteiger charge is -2.18. The van der Waals surface area contributed by atoms with E-state index in [1.54, 1.807) is 0 Å². The highest BCUT2D eigenvalue weighted by atomic mass is 19.1. The molecule has 0 aliphatic rings. The van der Waals surface area contributed by atoms with Gasteiger partial charge in [-0.05, 0) is 44.2 Å². The molecule has 1 aromatic carbocycles. The van der Waals surface area contributed by atoms with E-state index in [1.165, 1.54) is 32.3 Å². The summed E-state index contributed by atoms with van der Waals surface area (Å²) in [5, 5.41) is 0. The van der Waals surface area contributed by atoms with Crippen molar-refractivity contribution < 1.29 is 18.3 Å². The Bertz CT molecular complexity index is 529. The third-order valence-electron chi connectivity index (χ3n) is 4.52. The minimum absolute atomic E-state index is 0.246. The maximum absolute atomic E-state index is 14.1. The molecular weight excluding hydrogens is 322 g/mol. The molecule has 1 aromatic rings. The van der Waals surface area contributed by atoms with Gasteiger partial charge in [-0.15, -0.1) is 0 Å². The van der Waals surface area contributed by atoms with Crippen LogP contribution in [0.15, 0.2) is 12.1 Å². The number of benzene rings is 1. The quantitative estimate of drug-likeness (QED) is 0.307. The largest absolute Gasteiger partial charge is 0.459 e. The molecule has 2 nitrogen and oxygen atoms in total. The van der Waals surface area contributed by atoms with Crippen LogP contribution in [0.3, 0.4) is 0 Å². The molecule has 0 bridgehead atoms. The lowest BCUT2D eigenvalue weighted by atomic mass is 10.0. The van der Waals surface area contributed by atoms with Gasteiger partial charge in [-0.1, -0.05) is 58.4 Å². The van der Waals surface area contributed by atoms with Crippen molar-refractivity contribution >= 4 is 5.97 Å². The number of hydrogen-bond acceptors (Lipinski definition) is 2. The number of rotatable bonds is 12. The van der Waals surface area contributed by atoms with E-state index in [-0.39, 0.29) is 11.7 Å². The summed E-state index contributed by atoms with van der Waals surface area (Å²) < 4.78 is 33.5. The van der Waals surface area contributed by atoms with Crippen LogP contribution in [0, 0.1) is 18.6 Å². The Hall–Kier alpha value is -1.45. The van der Waals surface area contributed by atoms with Gasteiger partial charge in [-0.3, -0.25) is 0 Å². The Morgan fingerprint density at radius 2 is 1.52 bits per heavy atom. The maximum Gasteiger partial charge on any atom is 0.344 e. The molecule has 1 atom stereocenters. The average Bonchev–Trinajstić information content (AvgIpc) is 2.58. The number of carbonyl (C=O) groups is 1. The Kier molecular flexibility index (Phi) is 10.4. The van der Waals surface area contributed by atoms with Crippen molar-refractivity contribution in [2.24, 2.45) is 0 Å².